The predicted octanol–water partition coefficient (Wildman–Crippen LogP) is 5.70. The largest absolute Gasteiger partial charge is 0.451 e. The Hall–Kier alpha value is -3.77. The number of esters is 1. The first kappa shape index (κ1) is 24.6. The maximum Gasteiger partial charge on any atom is 0.338 e. The van der Waals surface area contributed by atoms with E-state index in [1.54, 1.807) is 36.4 Å². The SMILES string of the molecule is C[C@@H](OC(=O)c1ccc(N2C(=O)[C@H]3[C@H]4C[C@@H]([C@@H]3C2=O)[C@@H](c2ccccc2)C4)cc1)C(=O)c1ccc(Cl)cc1. The number of amides is 2. The smallest absolute Gasteiger partial charge is 0.338 e. The minimum atomic E-state index is -0.988. The zero-order chi connectivity index (χ0) is 26.6. The number of carbonyl (C=O) groups excluding carboxylic acids is 4. The molecule has 3 fully saturated rings. The molecule has 0 spiro atoms. The summed E-state index contributed by atoms with van der Waals surface area (Å²) in [5, 5.41) is 0.508. The number of halogens is 1. The number of ketones is 1. The summed E-state index contributed by atoms with van der Waals surface area (Å²) in [6.45, 7) is 1.51. The average molecular weight is 528 g/mol. The second-order valence-corrected chi connectivity index (χ2v) is 10.9. The monoisotopic (exact) mass is 527 g/mol. The van der Waals surface area contributed by atoms with Gasteiger partial charge in [-0.2, -0.15) is 0 Å². The first-order chi connectivity index (χ1) is 18.3. The minimum Gasteiger partial charge on any atom is -0.451 e. The van der Waals surface area contributed by atoms with E-state index in [-0.39, 0.29) is 46.8 Å². The van der Waals surface area contributed by atoms with Crippen LogP contribution in [0.5, 0.6) is 0 Å². The Balaban J connectivity index is 1.15. The Kier molecular flexibility index (Phi) is 6.15. The second-order valence-electron chi connectivity index (χ2n) is 10.4. The van der Waals surface area contributed by atoms with E-state index < -0.39 is 12.1 Å². The Bertz CT molecular complexity index is 1420. The van der Waals surface area contributed by atoms with Crippen molar-refractivity contribution in [3.8, 4) is 0 Å². The lowest BCUT2D eigenvalue weighted by Gasteiger charge is -2.28. The third kappa shape index (κ3) is 4.04. The van der Waals surface area contributed by atoms with Crippen LogP contribution in [0.15, 0.2) is 78.9 Å². The first-order valence-corrected chi connectivity index (χ1v) is 13.2. The molecule has 1 saturated heterocycles. The van der Waals surface area contributed by atoms with Gasteiger partial charge in [0.25, 0.3) is 0 Å². The van der Waals surface area contributed by atoms with Crippen molar-refractivity contribution in [2.24, 2.45) is 23.7 Å². The highest BCUT2D eigenvalue weighted by Crippen LogP contribution is 2.61. The molecule has 1 heterocycles. The molecule has 38 heavy (non-hydrogen) atoms. The summed E-state index contributed by atoms with van der Waals surface area (Å²) in [6.07, 6.45) is 0.857. The molecule has 2 bridgehead atoms. The molecule has 0 aromatic heterocycles. The minimum absolute atomic E-state index is 0.142. The van der Waals surface area contributed by atoms with Gasteiger partial charge in [-0.3, -0.25) is 19.3 Å². The second kappa shape index (κ2) is 9.52. The number of rotatable bonds is 6. The molecule has 3 aliphatic rings. The van der Waals surface area contributed by atoms with Gasteiger partial charge in [-0.25, -0.2) is 4.79 Å². The highest BCUT2D eigenvalue weighted by Gasteiger charge is 2.64. The normalized spacial score (nSPS) is 26.4. The Morgan fingerprint density at radius 3 is 2.16 bits per heavy atom. The quantitative estimate of drug-likeness (QED) is 0.233. The van der Waals surface area contributed by atoms with Gasteiger partial charge in [0.1, 0.15) is 0 Å². The third-order valence-corrected chi connectivity index (χ3v) is 8.64. The van der Waals surface area contributed by atoms with Crippen LogP contribution in [0.2, 0.25) is 5.02 Å². The molecule has 6 atom stereocenters. The molecule has 2 saturated carbocycles. The number of fused-ring (bicyclic) bond motifs is 5. The fourth-order valence-corrected chi connectivity index (χ4v) is 6.80. The molecule has 0 unspecified atom stereocenters. The van der Waals surface area contributed by atoms with Crippen LogP contribution in [-0.4, -0.2) is 29.7 Å². The van der Waals surface area contributed by atoms with Crippen LogP contribution in [0.25, 0.3) is 0 Å². The molecule has 3 aromatic rings. The molecule has 192 valence electrons. The summed E-state index contributed by atoms with van der Waals surface area (Å²) in [5.41, 5.74) is 2.31. The van der Waals surface area contributed by atoms with Crippen molar-refractivity contribution in [2.45, 2.75) is 31.8 Å². The Morgan fingerprint density at radius 1 is 0.842 bits per heavy atom. The highest BCUT2D eigenvalue weighted by atomic mass is 35.5. The molecule has 0 radical (unpaired) electrons. The van der Waals surface area contributed by atoms with Crippen molar-refractivity contribution in [1.29, 1.82) is 0 Å². The lowest BCUT2D eigenvalue weighted by Crippen LogP contribution is -2.33. The van der Waals surface area contributed by atoms with Crippen LogP contribution in [0.1, 0.15) is 52.0 Å². The molecule has 7 heteroatoms. The van der Waals surface area contributed by atoms with Gasteiger partial charge >= 0.3 is 5.97 Å². The van der Waals surface area contributed by atoms with Crippen molar-refractivity contribution < 1.29 is 23.9 Å². The fraction of sp³-hybridized carbons (Fsp3) is 0.290. The summed E-state index contributed by atoms with van der Waals surface area (Å²) < 4.78 is 5.37. The number of imide groups is 1. The van der Waals surface area contributed by atoms with Crippen molar-refractivity contribution >= 4 is 40.9 Å². The first-order valence-electron chi connectivity index (χ1n) is 12.9. The van der Waals surface area contributed by atoms with Gasteiger partial charge in [-0.15, -0.1) is 0 Å². The van der Waals surface area contributed by atoms with Crippen LogP contribution in [-0.2, 0) is 14.3 Å². The molecule has 2 amide bonds. The van der Waals surface area contributed by atoms with Crippen molar-refractivity contribution in [2.75, 3.05) is 4.90 Å². The molecule has 3 aromatic carbocycles. The van der Waals surface area contributed by atoms with Crippen molar-refractivity contribution in [3.05, 3.63) is 101 Å². The zero-order valence-corrected chi connectivity index (χ0v) is 21.5. The van der Waals surface area contributed by atoms with Crippen molar-refractivity contribution in [1.82, 2.24) is 0 Å². The lowest BCUT2D eigenvalue weighted by molar-refractivity contribution is -0.123. The molecule has 2 aliphatic carbocycles. The van der Waals surface area contributed by atoms with Crippen LogP contribution >= 0.6 is 11.6 Å². The van der Waals surface area contributed by atoms with E-state index >= 15 is 0 Å². The number of nitrogens with zero attached hydrogens (tertiary/aromatic N) is 1. The predicted molar refractivity (Wildman–Crippen MR) is 142 cm³/mol. The number of ether oxygens (including phenoxy) is 1. The van der Waals surface area contributed by atoms with E-state index in [4.69, 9.17) is 16.3 Å². The van der Waals surface area contributed by atoms with E-state index in [9.17, 15) is 19.2 Å². The molecule has 1 aliphatic heterocycles. The standard InChI is InChI=1S/C31H26ClNO5/c1-17(28(34)19-7-11-22(32)12-8-19)38-31(37)20-9-13-23(14-10-20)33-29(35)26-21-15-24(18-5-3-2-4-6-18)25(16-21)27(26)30(33)36/h2-14,17,21,24-27H,15-16H2,1H3/t17-,21-,24-,25-,26+,27+/m1/s1. The van der Waals surface area contributed by atoms with Crippen LogP contribution in [0.3, 0.4) is 0 Å². The van der Waals surface area contributed by atoms with Gasteiger partial charge in [-0.1, -0.05) is 41.9 Å². The number of hydrogen-bond donors (Lipinski definition) is 0. The van der Waals surface area contributed by atoms with Gasteiger partial charge in [0.15, 0.2) is 6.10 Å². The highest BCUT2D eigenvalue weighted by molar-refractivity contribution is 6.30. The van der Waals surface area contributed by atoms with Crippen molar-refractivity contribution in [3.63, 3.8) is 0 Å². The van der Waals surface area contributed by atoms with Gasteiger partial charge in [0, 0.05) is 10.6 Å². The van der Waals surface area contributed by atoms with E-state index in [2.05, 4.69) is 12.1 Å². The number of carbonyl (C=O) groups is 4. The molecule has 6 nitrogen and oxygen atoms in total. The maximum absolute atomic E-state index is 13.5. The van der Waals surface area contributed by atoms with Crippen LogP contribution in [0.4, 0.5) is 5.69 Å². The lowest BCUT2D eigenvalue weighted by atomic mass is 9.73. The zero-order valence-electron chi connectivity index (χ0n) is 20.8. The Morgan fingerprint density at radius 2 is 1.47 bits per heavy atom. The summed E-state index contributed by atoms with van der Waals surface area (Å²) in [4.78, 5) is 53.5. The summed E-state index contributed by atoms with van der Waals surface area (Å²) in [6, 6.07) is 22.8. The number of hydrogen-bond acceptors (Lipinski definition) is 5. The van der Waals surface area contributed by atoms with Gasteiger partial charge in [0.05, 0.1) is 23.1 Å². The number of benzene rings is 3. The van der Waals surface area contributed by atoms with Crippen LogP contribution in [0, 0.1) is 23.7 Å². The van der Waals surface area contributed by atoms with Gasteiger partial charge in [0.2, 0.25) is 17.6 Å². The number of Topliss-reactive ketones (excluding diaryl/α,β-unsaturated/α-hetero) is 1. The van der Waals surface area contributed by atoms with Gasteiger partial charge < -0.3 is 4.74 Å². The number of anilines is 1. The Labute approximate surface area is 225 Å². The summed E-state index contributed by atoms with van der Waals surface area (Å²) in [5.74, 6) is -1.17. The van der Waals surface area contributed by atoms with Gasteiger partial charge in [-0.05, 0) is 91.6 Å². The fourth-order valence-electron chi connectivity index (χ4n) is 6.67. The maximum atomic E-state index is 13.5. The van der Waals surface area contributed by atoms with Crippen LogP contribution < -0.4 is 4.90 Å². The topological polar surface area (TPSA) is 80.8 Å². The summed E-state index contributed by atoms with van der Waals surface area (Å²) in [7, 11) is 0. The van der Waals surface area contributed by atoms with E-state index in [0.717, 1.165) is 12.8 Å². The third-order valence-electron chi connectivity index (χ3n) is 8.39. The summed E-state index contributed by atoms with van der Waals surface area (Å²) >= 11 is 5.87. The molecule has 6 rings (SSSR count). The average Bonchev–Trinajstić information content (AvgIpc) is 3.60. The van der Waals surface area contributed by atoms with E-state index in [0.29, 0.717) is 22.2 Å². The van der Waals surface area contributed by atoms with E-state index in [1.165, 1.54) is 29.5 Å². The van der Waals surface area contributed by atoms with E-state index in [1.807, 2.05) is 18.2 Å². The molecular weight excluding hydrogens is 502 g/mol. The molecular formula is C31H26ClNO5. The molecule has 0 N–H and O–H groups in total.